The summed E-state index contributed by atoms with van der Waals surface area (Å²) in [5.74, 6) is -0.0966. The van der Waals surface area contributed by atoms with E-state index in [1.807, 2.05) is 44.2 Å². The van der Waals surface area contributed by atoms with Crippen LogP contribution < -0.4 is 5.32 Å². The van der Waals surface area contributed by atoms with Gasteiger partial charge in [-0.25, -0.2) is 0 Å². The van der Waals surface area contributed by atoms with Crippen molar-refractivity contribution in [2.45, 2.75) is 57.9 Å². The second-order valence-corrected chi connectivity index (χ2v) is 7.00. The summed E-state index contributed by atoms with van der Waals surface area (Å²) in [7, 11) is 0. The molecule has 23 heavy (non-hydrogen) atoms. The Morgan fingerprint density at radius 3 is 2.48 bits per heavy atom. The summed E-state index contributed by atoms with van der Waals surface area (Å²) >= 11 is 0. The van der Waals surface area contributed by atoms with E-state index in [0.29, 0.717) is 5.92 Å². The van der Waals surface area contributed by atoms with Gasteiger partial charge in [-0.2, -0.15) is 0 Å². The van der Waals surface area contributed by atoms with Crippen LogP contribution in [0.4, 0.5) is 0 Å². The highest BCUT2D eigenvalue weighted by atomic mass is 16.5. The van der Waals surface area contributed by atoms with E-state index in [-0.39, 0.29) is 24.5 Å². The molecule has 1 N–H and O–H groups in total. The Labute approximate surface area is 138 Å². The van der Waals surface area contributed by atoms with Crippen LogP contribution in [-0.4, -0.2) is 24.5 Å². The number of nitrogens with one attached hydrogen (secondary N) is 1. The number of hydrogen-bond donors (Lipinski definition) is 1. The topological polar surface area (TPSA) is 55.4 Å². The molecule has 2 rings (SSSR count). The highest BCUT2D eigenvalue weighted by molar-refractivity contribution is 5.85. The van der Waals surface area contributed by atoms with Gasteiger partial charge in [0.15, 0.2) is 6.61 Å². The third-order valence-corrected chi connectivity index (χ3v) is 4.80. The first-order valence-corrected chi connectivity index (χ1v) is 8.43. The van der Waals surface area contributed by atoms with Crippen molar-refractivity contribution in [3.63, 3.8) is 0 Å². The molecule has 0 bridgehead atoms. The predicted octanol–water partition coefficient (Wildman–Crippen LogP) is 3.20. The molecule has 1 aromatic carbocycles. The fourth-order valence-corrected chi connectivity index (χ4v) is 3.06. The van der Waals surface area contributed by atoms with Crippen LogP contribution in [0.25, 0.3) is 0 Å². The average molecular weight is 317 g/mol. The van der Waals surface area contributed by atoms with E-state index < -0.39 is 5.41 Å². The lowest BCUT2D eigenvalue weighted by Crippen LogP contribution is -2.43. The highest BCUT2D eigenvalue weighted by Gasteiger charge is 2.32. The molecule has 2 atom stereocenters. The molecular weight excluding hydrogens is 290 g/mol. The van der Waals surface area contributed by atoms with Gasteiger partial charge in [-0.1, -0.05) is 50.1 Å². The van der Waals surface area contributed by atoms with Gasteiger partial charge in [-0.05, 0) is 38.2 Å². The molecule has 0 aliphatic heterocycles. The van der Waals surface area contributed by atoms with Crippen LogP contribution in [0.2, 0.25) is 0 Å². The van der Waals surface area contributed by atoms with Gasteiger partial charge < -0.3 is 10.1 Å². The minimum atomic E-state index is -0.764. The smallest absolute Gasteiger partial charge is 0.316 e. The van der Waals surface area contributed by atoms with E-state index in [1.54, 1.807) is 0 Å². The zero-order valence-corrected chi connectivity index (χ0v) is 14.3. The number of amides is 1. The van der Waals surface area contributed by atoms with E-state index in [2.05, 4.69) is 12.2 Å². The van der Waals surface area contributed by atoms with Crippen molar-refractivity contribution in [1.29, 1.82) is 0 Å². The zero-order chi connectivity index (χ0) is 16.9. The fourth-order valence-electron chi connectivity index (χ4n) is 3.06. The summed E-state index contributed by atoms with van der Waals surface area (Å²) < 4.78 is 5.25. The third kappa shape index (κ3) is 4.57. The molecule has 0 aromatic heterocycles. The molecule has 126 valence electrons. The van der Waals surface area contributed by atoms with Crippen molar-refractivity contribution >= 4 is 11.9 Å². The van der Waals surface area contributed by atoms with Gasteiger partial charge in [0, 0.05) is 6.04 Å². The maximum Gasteiger partial charge on any atom is 0.316 e. The summed E-state index contributed by atoms with van der Waals surface area (Å²) in [4.78, 5) is 24.4. The molecule has 0 heterocycles. The lowest BCUT2D eigenvalue weighted by atomic mass is 9.85. The van der Waals surface area contributed by atoms with Gasteiger partial charge in [0.05, 0.1) is 5.41 Å². The van der Waals surface area contributed by atoms with E-state index >= 15 is 0 Å². The molecular formula is C19H27NO3. The first-order valence-electron chi connectivity index (χ1n) is 8.43. The Hall–Kier alpha value is -1.84. The third-order valence-electron chi connectivity index (χ3n) is 4.80. The quantitative estimate of drug-likeness (QED) is 0.849. The zero-order valence-electron chi connectivity index (χ0n) is 14.3. The van der Waals surface area contributed by atoms with Crippen LogP contribution in [0.5, 0.6) is 0 Å². The maximum atomic E-state index is 12.3. The number of esters is 1. The van der Waals surface area contributed by atoms with Crippen molar-refractivity contribution in [1.82, 2.24) is 5.32 Å². The van der Waals surface area contributed by atoms with Gasteiger partial charge in [0.1, 0.15) is 0 Å². The van der Waals surface area contributed by atoms with Gasteiger partial charge in [0.25, 0.3) is 5.91 Å². The van der Waals surface area contributed by atoms with Crippen molar-refractivity contribution < 1.29 is 14.3 Å². The Morgan fingerprint density at radius 2 is 1.83 bits per heavy atom. The second-order valence-electron chi connectivity index (χ2n) is 7.00. The monoisotopic (exact) mass is 317 g/mol. The Morgan fingerprint density at radius 1 is 1.17 bits per heavy atom. The molecule has 1 aliphatic rings. The molecule has 0 radical (unpaired) electrons. The molecule has 0 saturated heterocycles. The van der Waals surface area contributed by atoms with Gasteiger partial charge >= 0.3 is 5.97 Å². The number of benzene rings is 1. The van der Waals surface area contributed by atoms with Crippen molar-refractivity contribution in [3.8, 4) is 0 Å². The van der Waals surface area contributed by atoms with E-state index in [1.165, 1.54) is 6.42 Å². The summed E-state index contributed by atoms with van der Waals surface area (Å²) in [5, 5.41) is 3.00. The van der Waals surface area contributed by atoms with Crippen LogP contribution in [0.1, 0.15) is 52.0 Å². The van der Waals surface area contributed by atoms with Crippen LogP contribution in [0, 0.1) is 5.92 Å². The highest BCUT2D eigenvalue weighted by Crippen LogP contribution is 2.25. The van der Waals surface area contributed by atoms with Gasteiger partial charge in [-0.15, -0.1) is 0 Å². The van der Waals surface area contributed by atoms with Crippen LogP contribution >= 0.6 is 0 Å². The van der Waals surface area contributed by atoms with Crippen LogP contribution in [0.3, 0.4) is 0 Å². The number of carbonyl (C=O) groups excluding carboxylic acids is 2. The second kappa shape index (κ2) is 7.62. The SMILES string of the molecule is CC1CCCCC1NC(=O)COC(=O)C(C)(C)c1ccccc1. The van der Waals surface area contributed by atoms with Crippen molar-refractivity contribution in [2.75, 3.05) is 6.61 Å². The summed E-state index contributed by atoms with van der Waals surface area (Å²) in [5.41, 5.74) is 0.117. The molecule has 4 heteroatoms. The number of rotatable bonds is 5. The van der Waals surface area contributed by atoms with Crippen LogP contribution in [0.15, 0.2) is 30.3 Å². The normalized spacial score (nSPS) is 21.5. The van der Waals surface area contributed by atoms with E-state index in [0.717, 1.165) is 24.8 Å². The molecule has 1 aromatic rings. The summed E-state index contributed by atoms with van der Waals surface area (Å²) in [6.07, 6.45) is 4.53. The molecule has 4 nitrogen and oxygen atoms in total. The molecule has 1 aliphatic carbocycles. The number of ether oxygens (including phenoxy) is 1. The maximum absolute atomic E-state index is 12.3. The number of carbonyl (C=O) groups is 2. The minimum absolute atomic E-state index is 0.206. The summed E-state index contributed by atoms with van der Waals surface area (Å²) in [6, 6.07) is 9.68. The largest absolute Gasteiger partial charge is 0.455 e. The molecule has 1 fully saturated rings. The fraction of sp³-hybridized carbons (Fsp3) is 0.579. The van der Waals surface area contributed by atoms with Crippen molar-refractivity contribution in [3.05, 3.63) is 35.9 Å². The Balaban J connectivity index is 1.85. The summed E-state index contributed by atoms with van der Waals surface area (Å²) in [6.45, 7) is 5.57. The first kappa shape index (κ1) is 17.5. The number of hydrogen-bond acceptors (Lipinski definition) is 3. The van der Waals surface area contributed by atoms with Gasteiger partial charge in [0.2, 0.25) is 0 Å². The Bertz CT molecular complexity index is 539. The molecule has 2 unspecified atom stereocenters. The Kier molecular flexibility index (Phi) is 5.80. The van der Waals surface area contributed by atoms with Crippen LogP contribution in [-0.2, 0) is 19.7 Å². The molecule has 1 saturated carbocycles. The first-order chi connectivity index (χ1) is 10.9. The lowest BCUT2D eigenvalue weighted by molar-refractivity contribution is -0.153. The lowest BCUT2D eigenvalue weighted by Gasteiger charge is -2.29. The van der Waals surface area contributed by atoms with Gasteiger partial charge in [-0.3, -0.25) is 9.59 Å². The predicted molar refractivity (Wildman–Crippen MR) is 90.0 cm³/mol. The minimum Gasteiger partial charge on any atom is -0.455 e. The van der Waals surface area contributed by atoms with E-state index in [9.17, 15) is 9.59 Å². The molecule has 1 amide bonds. The molecule has 0 spiro atoms. The van der Waals surface area contributed by atoms with E-state index in [4.69, 9.17) is 4.74 Å². The van der Waals surface area contributed by atoms with Crippen molar-refractivity contribution in [2.24, 2.45) is 5.92 Å². The average Bonchev–Trinajstić information content (AvgIpc) is 2.55. The standard InChI is InChI=1S/C19H27NO3/c1-14-9-7-8-12-16(14)20-17(21)13-23-18(22)19(2,3)15-10-5-4-6-11-15/h4-6,10-11,14,16H,7-9,12-13H2,1-3H3,(H,20,21).